The van der Waals surface area contributed by atoms with Gasteiger partial charge < -0.3 is 0 Å². The van der Waals surface area contributed by atoms with Crippen LogP contribution in [-0.4, -0.2) is 5.17 Å². The van der Waals surface area contributed by atoms with Gasteiger partial charge in [0.05, 0.1) is 0 Å². The van der Waals surface area contributed by atoms with Gasteiger partial charge in [0, 0.05) is 0 Å². The third kappa shape index (κ3) is 7.44. The number of nitrogens with one attached hydrogen (secondary N) is 1. The average Bonchev–Trinajstić information content (AvgIpc) is 1.63. The minimum absolute atomic E-state index is 0.0625. The van der Waals surface area contributed by atoms with Crippen molar-refractivity contribution in [2.45, 2.75) is 13.8 Å². The molecule has 0 unspecified atom stereocenters. The third-order valence-electron chi connectivity index (χ3n) is 0.672. The molecule has 2 heteroatoms. The van der Waals surface area contributed by atoms with Crippen molar-refractivity contribution >= 4 is 16.8 Å². The Morgan fingerprint density at radius 3 is 2.33 bits per heavy atom. The summed E-state index contributed by atoms with van der Waals surface area (Å²) < 4.78 is 0. The second-order valence-electron chi connectivity index (χ2n) is 1.95. The fraction of sp³-hybridized carbons (Fsp3) is 0.286. The Morgan fingerprint density at radius 1 is 1.44 bits per heavy atom. The molecule has 0 aliphatic heterocycles. The van der Waals surface area contributed by atoms with Crippen molar-refractivity contribution in [3.05, 3.63) is 23.8 Å². The Hall–Kier alpha value is -0.560. The number of halogens is 1. The number of rotatable bonds is 2. The molecule has 0 aromatic rings. The second kappa shape index (κ2) is 4.33. The summed E-state index contributed by atoms with van der Waals surface area (Å²) in [6.07, 6.45) is 5.19. The molecule has 0 rings (SSSR count). The topological polar surface area (TPSA) is 23.9 Å². The Kier molecular flexibility index (Phi) is 4.06. The van der Waals surface area contributed by atoms with Gasteiger partial charge in [-0.1, -0.05) is 29.3 Å². The van der Waals surface area contributed by atoms with Crippen LogP contribution in [0.15, 0.2) is 23.8 Å². The Bertz CT molecular complexity index is 152. The zero-order valence-electron chi connectivity index (χ0n) is 5.61. The van der Waals surface area contributed by atoms with E-state index >= 15 is 0 Å². The van der Waals surface area contributed by atoms with Crippen LogP contribution in [0.5, 0.6) is 0 Å². The van der Waals surface area contributed by atoms with Gasteiger partial charge in [-0.3, -0.25) is 5.41 Å². The Balaban J connectivity index is 3.74. The van der Waals surface area contributed by atoms with Crippen LogP contribution in [0.25, 0.3) is 0 Å². The van der Waals surface area contributed by atoms with Crippen LogP contribution in [0.2, 0.25) is 0 Å². The standard InChI is InChI=1S/C7H10ClN/c1-6(2)4-3-5-7(8)9/h3-5,9H,1-2H3/b5-3-,9-7?. The predicted octanol–water partition coefficient (Wildman–Crippen LogP) is 2.72. The van der Waals surface area contributed by atoms with Gasteiger partial charge in [-0.2, -0.15) is 0 Å². The van der Waals surface area contributed by atoms with E-state index in [1.807, 2.05) is 19.9 Å². The van der Waals surface area contributed by atoms with E-state index in [4.69, 9.17) is 17.0 Å². The largest absolute Gasteiger partial charge is 0.289 e. The van der Waals surface area contributed by atoms with Crippen LogP contribution < -0.4 is 0 Å². The van der Waals surface area contributed by atoms with Gasteiger partial charge in [0.1, 0.15) is 5.17 Å². The van der Waals surface area contributed by atoms with Gasteiger partial charge in [0.15, 0.2) is 0 Å². The molecule has 0 aromatic heterocycles. The first-order valence-electron chi connectivity index (χ1n) is 2.68. The molecule has 0 atom stereocenters. The molecule has 0 aliphatic rings. The maximum atomic E-state index is 6.79. The minimum Gasteiger partial charge on any atom is -0.289 e. The highest BCUT2D eigenvalue weighted by Gasteiger charge is 1.75. The maximum absolute atomic E-state index is 6.79. The van der Waals surface area contributed by atoms with Crippen molar-refractivity contribution in [3.8, 4) is 0 Å². The van der Waals surface area contributed by atoms with Crippen LogP contribution in [0.1, 0.15) is 13.8 Å². The highest BCUT2D eigenvalue weighted by molar-refractivity contribution is 6.67. The zero-order valence-corrected chi connectivity index (χ0v) is 6.37. The number of hydrogen-bond acceptors (Lipinski definition) is 1. The molecule has 1 nitrogen and oxygen atoms in total. The first-order chi connectivity index (χ1) is 4.13. The third-order valence-corrected chi connectivity index (χ3v) is 0.798. The Morgan fingerprint density at radius 2 is 2.00 bits per heavy atom. The molecule has 0 amide bonds. The lowest BCUT2D eigenvalue weighted by Gasteiger charge is -1.80. The summed E-state index contributed by atoms with van der Waals surface area (Å²) in [5.74, 6) is 0. The summed E-state index contributed by atoms with van der Waals surface area (Å²) in [5.41, 5.74) is 1.20. The van der Waals surface area contributed by atoms with Crippen molar-refractivity contribution < 1.29 is 0 Å². The van der Waals surface area contributed by atoms with E-state index in [1.165, 1.54) is 11.6 Å². The van der Waals surface area contributed by atoms with E-state index in [0.717, 1.165) is 0 Å². The molecule has 0 heterocycles. The average molecular weight is 144 g/mol. The highest BCUT2D eigenvalue weighted by atomic mass is 35.5. The van der Waals surface area contributed by atoms with Crippen LogP contribution in [0, 0.1) is 5.41 Å². The first kappa shape index (κ1) is 8.44. The molecular weight excluding hydrogens is 134 g/mol. The van der Waals surface area contributed by atoms with Crippen molar-refractivity contribution in [1.29, 1.82) is 5.41 Å². The second-order valence-corrected chi connectivity index (χ2v) is 2.36. The van der Waals surface area contributed by atoms with Gasteiger partial charge in [0.25, 0.3) is 0 Å². The van der Waals surface area contributed by atoms with Crippen molar-refractivity contribution in [2.24, 2.45) is 0 Å². The summed E-state index contributed by atoms with van der Waals surface area (Å²) >= 11 is 5.23. The molecule has 0 aromatic carbocycles. The lowest BCUT2D eigenvalue weighted by atomic mass is 10.3. The predicted molar refractivity (Wildman–Crippen MR) is 42.2 cm³/mol. The number of hydrogen-bond donors (Lipinski definition) is 1. The molecule has 9 heavy (non-hydrogen) atoms. The highest BCUT2D eigenvalue weighted by Crippen LogP contribution is 1.90. The molecule has 0 fully saturated rings. The van der Waals surface area contributed by atoms with Crippen LogP contribution in [0.3, 0.4) is 0 Å². The van der Waals surface area contributed by atoms with E-state index in [-0.39, 0.29) is 5.17 Å². The quantitative estimate of drug-likeness (QED) is 0.454. The van der Waals surface area contributed by atoms with E-state index in [2.05, 4.69) is 0 Å². The van der Waals surface area contributed by atoms with Crippen LogP contribution in [-0.2, 0) is 0 Å². The van der Waals surface area contributed by atoms with Gasteiger partial charge in [0.2, 0.25) is 0 Å². The van der Waals surface area contributed by atoms with E-state index in [0.29, 0.717) is 0 Å². The monoisotopic (exact) mass is 143 g/mol. The van der Waals surface area contributed by atoms with Gasteiger partial charge in [-0.25, -0.2) is 0 Å². The zero-order chi connectivity index (χ0) is 7.28. The van der Waals surface area contributed by atoms with E-state index < -0.39 is 0 Å². The summed E-state index contributed by atoms with van der Waals surface area (Å²) in [7, 11) is 0. The van der Waals surface area contributed by atoms with Gasteiger partial charge in [-0.15, -0.1) is 0 Å². The maximum Gasteiger partial charge on any atom is 0.120 e. The summed E-state index contributed by atoms with van der Waals surface area (Å²) in [6, 6.07) is 0. The van der Waals surface area contributed by atoms with Gasteiger partial charge in [-0.05, 0) is 19.9 Å². The summed E-state index contributed by atoms with van der Waals surface area (Å²) in [5, 5.41) is 6.85. The lowest BCUT2D eigenvalue weighted by molar-refractivity contribution is 1.39. The first-order valence-corrected chi connectivity index (χ1v) is 3.06. The molecule has 0 radical (unpaired) electrons. The fourth-order valence-electron chi connectivity index (χ4n) is 0.325. The van der Waals surface area contributed by atoms with Crippen molar-refractivity contribution in [1.82, 2.24) is 0 Å². The summed E-state index contributed by atoms with van der Waals surface area (Å²) in [6.45, 7) is 3.98. The molecule has 0 saturated carbocycles. The molecule has 0 saturated heterocycles. The summed E-state index contributed by atoms with van der Waals surface area (Å²) in [4.78, 5) is 0. The van der Waals surface area contributed by atoms with Crippen molar-refractivity contribution in [2.75, 3.05) is 0 Å². The van der Waals surface area contributed by atoms with Gasteiger partial charge >= 0.3 is 0 Å². The van der Waals surface area contributed by atoms with Crippen LogP contribution in [0.4, 0.5) is 0 Å². The van der Waals surface area contributed by atoms with E-state index in [1.54, 1.807) is 6.08 Å². The van der Waals surface area contributed by atoms with Crippen LogP contribution >= 0.6 is 11.6 Å². The minimum atomic E-state index is 0.0625. The van der Waals surface area contributed by atoms with E-state index in [9.17, 15) is 0 Å². The molecule has 50 valence electrons. The SMILES string of the molecule is CC(C)=C/C=C\C(=N)Cl. The number of allylic oxidation sites excluding steroid dienone is 4. The molecule has 1 N–H and O–H groups in total. The fourth-order valence-corrected chi connectivity index (χ4v) is 0.398. The smallest absolute Gasteiger partial charge is 0.120 e. The molecule has 0 spiro atoms. The molecular formula is C7H10ClN. The Labute approximate surface area is 60.5 Å². The molecule has 0 aliphatic carbocycles. The normalized spacial score (nSPS) is 9.67. The lowest BCUT2D eigenvalue weighted by Crippen LogP contribution is -1.70. The van der Waals surface area contributed by atoms with Crippen molar-refractivity contribution in [3.63, 3.8) is 0 Å². The molecule has 0 bridgehead atoms.